The van der Waals surface area contributed by atoms with E-state index in [4.69, 9.17) is 10.1 Å². The number of allylic oxidation sites excluding steroid dienone is 2. The summed E-state index contributed by atoms with van der Waals surface area (Å²) in [4.78, 5) is 33.4. The molecule has 0 radical (unpaired) electrons. The summed E-state index contributed by atoms with van der Waals surface area (Å²) in [6, 6.07) is 1.77. The normalized spacial score (nSPS) is 17.0. The minimum atomic E-state index is -0.398. The molecule has 2 N–H and O–H groups in total. The average Bonchev–Trinajstić information content (AvgIpc) is 3.19. The van der Waals surface area contributed by atoms with Crippen molar-refractivity contribution in [3.63, 3.8) is 0 Å². The number of amides is 2. The Bertz CT molecular complexity index is 974. The Kier molecular flexibility index (Phi) is 8.40. The second-order valence-electron chi connectivity index (χ2n) is 8.32. The monoisotopic (exact) mass is 451 g/mol. The molecule has 8 nitrogen and oxygen atoms in total. The number of hydrogen-bond donors (Lipinski definition) is 2. The third-order valence-electron chi connectivity index (χ3n) is 5.59. The van der Waals surface area contributed by atoms with Gasteiger partial charge in [-0.05, 0) is 45.3 Å². The number of ether oxygens (including phenoxy) is 1. The molecular weight excluding hydrogens is 418 g/mol. The number of anilines is 1. The minimum absolute atomic E-state index is 0.0138. The van der Waals surface area contributed by atoms with Crippen LogP contribution < -0.4 is 15.0 Å². The number of nitrogens with zero attached hydrogens (tertiary/aromatic N) is 3. The van der Waals surface area contributed by atoms with Gasteiger partial charge >= 0.3 is 0 Å². The van der Waals surface area contributed by atoms with Crippen molar-refractivity contribution in [3.8, 4) is 5.75 Å². The smallest absolute Gasteiger partial charge is 0.255 e. The number of nitrogens with one attached hydrogen (secondary N) is 2. The van der Waals surface area contributed by atoms with E-state index in [0.29, 0.717) is 41.6 Å². The number of hydrogen-bond acceptors (Lipinski definition) is 6. The van der Waals surface area contributed by atoms with E-state index in [-0.39, 0.29) is 11.7 Å². The highest BCUT2D eigenvalue weighted by atomic mass is 16.5. The second kappa shape index (κ2) is 11.4. The fourth-order valence-corrected chi connectivity index (χ4v) is 3.88. The molecule has 2 aliphatic rings. The first-order chi connectivity index (χ1) is 15.9. The quantitative estimate of drug-likeness (QED) is 0.307. The molecule has 8 heteroatoms. The van der Waals surface area contributed by atoms with Gasteiger partial charge in [0.1, 0.15) is 5.84 Å². The van der Waals surface area contributed by atoms with Crippen molar-refractivity contribution in [1.82, 2.24) is 15.2 Å². The van der Waals surface area contributed by atoms with Gasteiger partial charge in [-0.1, -0.05) is 25.5 Å². The zero-order chi connectivity index (χ0) is 23.8. The fraction of sp³-hybridized carbons (Fsp3) is 0.440. The molecule has 1 saturated heterocycles. The van der Waals surface area contributed by atoms with Gasteiger partial charge in [0.25, 0.3) is 11.8 Å². The Morgan fingerprint density at radius 1 is 1.18 bits per heavy atom. The number of carbonyl (C=O) groups is 2. The minimum Gasteiger partial charge on any atom is -0.490 e. The van der Waals surface area contributed by atoms with Gasteiger partial charge in [0.05, 0.1) is 12.2 Å². The molecule has 0 aliphatic carbocycles. The highest BCUT2D eigenvalue weighted by Gasteiger charge is 2.24. The lowest BCUT2D eigenvalue weighted by atomic mass is 10.2. The van der Waals surface area contributed by atoms with Crippen LogP contribution in [0.2, 0.25) is 0 Å². The van der Waals surface area contributed by atoms with Gasteiger partial charge in [-0.2, -0.15) is 0 Å². The van der Waals surface area contributed by atoms with Crippen LogP contribution in [0.25, 0.3) is 0 Å². The molecule has 1 fully saturated rings. The summed E-state index contributed by atoms with van der Waals surface area (Å²) in [7, 11) is 0. The van der Waals surface area contributed by atoms with Crippen LogP contribution in [0, 0.1) is 5.41 Å². The van der Waals surface area contributed by atoms with Crippen molar-refractivity contribution in [2.75, 3.05) is 31.1 Å². The predicted molar refractivity (Wildman–Crippen MR) is 130 cm³/mol. The maximum Gasteiger partial charge on any atom is 0.255 e. The molecule has 1 aromatic heterocycles. The molecule has 33 heavy (non-hydrogen) atoms. The Morgan fingerprint density at radius 3 is 2.58 bits per heavy atom. The van der Waals surface area contributed by atoms with E-state index in [9.17, 15) is 9.59 Å². The number of pyridine rings is 1. The summed E-state index contributed by atoms with van der Waals surface area (Å²) in [6.07, 6.45) is 12.0. The Labute approximate surface area is 195 Å². The lowest BCUT2D eigenvalue weighted by Gasteiger charge is -2.25. The van der Waals surface area contributed by atoms with E-state index in [0.717, 1.165) is 45.2 Å². The first-order valence-electron chi connectivity index (χ1n) is 11.5. The maximum atomic E-state index is 13.1. The molecule has 0 aromatic carbocycles. The van der Waals surface area contributed by atoms with Crippen LogP contribution in [0.1, 0.15) is 56.3 Å². The summed E-state index contributed by atoms with van der Waals surface area (Å²) >= 11 is 0. The molecule has 176 valence electrons. The summed E-state index contributed by atoms with van der Waals surface area (Å²) in [5.74, 6) is 0.672. The van der Waals surface area contributed by atoms with E-state index < -0.39 is 5.91 Å². The van der Waals surface area contributed by atoms with Gasteiger partial charge < -0.3 is 19.9 Å². The van der Waals surface area contributed by atoms with Crippen molar-refractivity contribution in [2.45, 2.75) is 46.0 Å². The molecule has 1 aromatic rings. The Morgan fingerprint density at radius 2 is 1.91 bits per heavy atom. The van der Waals surface area contributed by atoms with Crippen molar-refractivity contribution in [3.05, 3.63) is 53.9 Å². The van der Waals surface area contributed by atoms with E-state index in [2.05, 4.69) is 16.9 Å². The van der Waals surface area contributed by atoms with Crippen LogP contribution in [-0.2, 0) is 4.79 Å². The highest BCUT2D eigenvalue weighted by Crippen LogP contribution is 2.33. The molecule has 0 atom stereocenters. The first-order valence-corrected chi connectivity index (χ1v) is 11.5. The standard InChI is InChI=1S/C25H33N5O3/c1-4-10-20(16-22(26)28-24(31)18(2)3)30-13-9-14-33-21-15-19(17-27-23(21)30)25(32)29-11-7-5-6-8-12-29/h4,10,15-17H,2,5-9,11-14H2,1,3H3,(H2,26,28,31)/b10-4-,20-16+. The van der Waals surface area contributed by atoms with Crippen LogP contribution in [0.4, 0.5) is 5.82 Å². The average molecular weight is 452 g/mol. The predicted octanol–water partition coefficient (Wildman–Crippen LogP) is 3.82. The van der Waals surface area contributed by atoms with E-state index >= 15 is 0 Å². The van der Waals surface area contributed by atoms with Crippen molar-refractivity contribution >= 4 is 23.5 Å². The van der Waals surface area contributed by atoms with Crippen LogP contribution in [-0.4, -0.2) is 53.8 Å². The number of aromatic nitrogens is 1. The van der Waals surface area contributed by atoms with Gasteiger partial charge in [-0.15, -0.1) is 0 Å². The number of rotatable bonds is 5. The number of fused-ring (bicyclic) bond motifs is 1. The topological polar surface area (TPSA) is 98.6 Å². The van der Waals surface area contributed by atoms with E-state index in [1.165, 1.54) is 0 Å². The summed E-state index contributed by atoms with van der Waals surface area (Å²) < 4.78 is 5.95. The van der Waals surface area contributed by atoms with Gasteiger partial charge in [0.2, 0.25) is 0 Å². The van der Waals surface area contributed by atoms with Crippen LogP contribution in [0.15, 0.2) is 48.3 Å². The molecule has 2 amide bonds. The van der Waals surface area contributed by atoms with Crippen LogP contribution in [0.3, 0.4) is 0 Å². The largest absolute Gasteiger partial charge is 0.490 e. The van der Waals surface area contributed by atoms with E-state index in [1.807, 2.05) is 28.9 Å². The van der Waals surface area contributed by atoms with Gasteiger partial charge in [-0.3, -0.25) is 15.0 Å². The number of carbonyl (C=O) groups excluding carboxylic acids is 2. The van der Waals surface area contributed by atoms with Crippen LogP contribution >= 0.6 is 0 Å². The summed E-state index contributed by atoms with van der Waals surface area (Å²) in [5.41, 5.74) is 1.54. The molecule has 0 unspecified atom stereocenters. The fourth-order valence-electron chi connectivity index (χ4n) is 3.88. The molecule has 0 saturated carbocycles. The zero-order valence-electron chi connectivity index (χ0n) is 19.5. The van der Waals surface area contributed by atoms with Gasteiger partial charge in [0, 0.05) is 43.2 Å². The zero-order valence-corrected chi connectivity index (χ0v) is 19.5. The molecule has 0 spiro atoms. The third-order valence-corrected chi connectivity index (χ3v) is 5.59. The molecule has 3 heterocycles. The lowest BCUT2D eigenvalue weighted by molar-refractivity contribution is -0.116. The molecule has 3 rings (SSSR count). The second-order valence-corrected chi connectivity index (χ2v) is 8.32. The van der Waals surface area contributed by atoms with Crippen molar-refractivity contribution in [2.24, 2.45) is 0 Å². The highest BCUT2D eigenvalue weighted by molar-refractivity contribution is 6.08. The summed E-state index contributed by atoms with van der Waals surface area (Å²) in [6.45, 7) is 9.75. The maximum absolute atomic E-state index is 13.1. The molecule has 2 aliphatic heterocycles. The number of amidine groups is 1. The van der Waals surface area contributed by atoms with Gasteiger partial charge in [-0.25, -0.2) is 4.98 Å². The first kappa shape index (κ1) is 24.2. The summed E-state index contributed by atoms with van der Waals surface area (Å²) in [5, 5.41) is 10.7. The van der Waals surface area contributed by atoms with Gasteiger partial charge in [0.15, 0.2) is 11.6 Å². The number of likely N-dealkylation sites (tertiary alicyclic amines) is 1. The van der Waals surface area contributed by atoms with Crippen molar-refractivity contribution < 1.29 is 14.3 Å². The SMILES string of the molecule is C=C(C)C(=O)NC(=N)/C=C(\C=C/C)N1CCCOc2cc(C(=O)N3CCCCCC3)cnc21. The molecular formula is C25H33N5O3. The third kappa shape index (κ3) is 6.31. The van der Waals surface area contributed by atoms with Crippen LogP contribution in [0.5, 0.6) is 5.75 Å². The lowest BCUT2D eigenvalue weighted by Crippen LogP contribution is -2.32. The Balaban J connectivity index is 1.89. The van der Waals surface area contributed by atoms with Crippen molar-refractivity contribution in [1.29, 1.82) is 5.41 Å². The van der Waals surface area contributed by atoms with E-state index in [1.54, 1.807) is 25.3 Å². The molecule has 0 bridgehead atoms. The Hall–Kier alpha value is -3.42.